The number of hydrogen-bond acceptors (Lipinski definition) is 2. The predicted octanol–water partition coefficient (Wildman–Crippen LogP) is 6.89. The third kappa shape index (κ3) is 4.91. The minimum atomic E-state index is -0.0960. The van der Waals surface area contributed by atoms with Gasteiger partial charge in [-0.25, -0.2) is 0 Å². The van der Waals surface area contributed by atoms with Gasteiger partial charge in [-0.05, 0) is 43.6 Å². The summed E-state index contributed by atoms with van der Waals surface area (Å²) in [6, 6.07) is 23.0. The van der Waals surface area contributed by atoms with Crippen LogP contribution in [0.2, 0.25) is 0 Å². The molecule has 0 spiro atoms. The maximum Gasteiger partial charge on any atom is 0.119 e. The third-order valence-corrected chi connectivity index (χ3v) is 8.38. The van der Waals surface area contributed by atoms with Crippen LogP contribution in [0.3, 0.4) is 0 Å². The van der Waals surface area contributed by atoms with Gasteiger partial charge in [-0.1, -0.05) is 95.1 Å². The zero-order chi connectivity index (χ0) is 22.4. The van der Waals surface area contributed by atoms with E-state index < -0.39 is 0 Å². The number of phenolic OH excluding ortho intramolecular Hbond substituents is 1. The van der Waals surface area contributed by atoms with Crippen LogP contribution in [0.15, 0.2) is 71.7 Å². The second kappa shape index (κ2) is 10.2. The summed E-state index contributed by atoms with van der Waals surface area (Å²) in [6.07, 6.45) is 3.09. The topological polar surface area (TPSA) is 32.6 Å². The molecule has 162 valence electrons. The normalized spacial score (nSPS) is 14.2. The van der Waals surface area contributed by atoms with Crippen LogP contribution in [-0.4, -0.2) is 17.9 Å². The summed E-state index contributed by atoms with van der Waals surface area (Å²) < 4.78 is 0. The number of benzene rings is 3. The molecule has 3 aromatic carbocycles. The number of hydrogen-bond donors (Lipinski definition) is 1. The van der Waals surface area contributed by atoms with Crippen LogP contribution in [0.5, 0.6) is 5.75 Å². The van der Waals surface area contributed by atoms with Crippen molar-refractivity contribution < 1.29 is 5.11 Å². The molecule has 1 N–H and O–H groups in total. The SMILES string of the molecule is CCCC(CC)(Pc1c(C)cccc1/C(=N/C)c1ccccc1)c1cc(C)ccc1O. The van der Waals surface area contributed by atoms with Crippen molar-refractivity contribution in [2.24, 2.45) is 4.99 Å². The maximum atomic E-state index is 10.9. The molecule has 2 nitrogen and oxygen atoms in total. The quantitative estimate of drug-likeness (QED) is 0.306. The van der Waals surface area contributed by atoms with Gasteiger partial charge >= 0.3 is 0 Å². The Morgan fingerprint density at radius 3 is 2.35 bits per heavy atom. The summed E-state index contributed by atoms with van der Waals surface area (Å²) in [5.74, 6) is 0.413. The highest BCUT2D eigenvalue weighted by Crippen LogP contribution is 2.51. The van der Waals surface area contributed by atoms with Gasteiger partial charge in [-0.2, -0.15) is 0 Å². The molecular formula is C28H34NOP. The molecule has 0 aliphatic carbocycles. The van der Waals surface area contributed by atoms with E-state index in [1.165, 1.54) is 22.0 Å². The van der Waals surface area contributed by atoms with Crippen molar-refractivity contribution in [1.29, 1.82) is 0 Å². The van der Waals surface area contributed by atoms with E-state index in [1.807, 2.05) is 25.2 Å². The lowest BCUT2D eigenvalue weighted by Crippen LogP contribution is -2.26. The smallest absolute Gasteiger partial charge is 0.119 e. The Kier molecular flexibility index (Phi) is 7.68. The van der Waals surface area contributed by atoms with Gasteiger partial charge in [0.05, 0.1) is 5.71 Å². The number of nitrogens with zero attached hydrogens (tertiary/aromatic N) is 1. The number of phenols is 1. The monoisotopic (exact) mass is 431 g/mol. The van der Waals surface area contributed by atoms with Crippen molar-refractivity contribution in [3.8, 4) is 5.75 Å². The van der Waals surface area contributed by atoms with Crippen LogP contribution >= 0.6 is 8.58 Å². The van der Waals surface area contributed by atoms with Gasteiger partial charge in [-0.3, -0.25) is 4.99 Å². The first-order valence-electron chi connectivity index (χ1n) is 11.2. The van der Waals surface area contributed by atoms with Crippen molar-refractivity contribution >= 4 is 19.6 Å². The Balaban J connectivity index is 2.18. The van der Waals surface area contributed by atoms with Crippen LogP contribution in [-0.2, 0) is 5.16 Å². The standard InChI is InChI=1S/C28H34NOP/c1-6-18-28(7-2,24-19-20(3)16-17-25(24)30)31-27-21(4)12-11-15-23(27)26(29-5)22-13-9-8-10-14-22/h8-17,19,30-31H,6-7,18H2,1-5H3/b29-26+. The van der Waals surface area contributed by atoms with E-state index in [0.29, 0.717) is 14.3 Å². The minimum Gasteiger partial charge on any atom is -0.508 e. The number of aryl methyl sites for hydroxylation is 2. The van der Waals surface area contributed by atoms with Gasteiger partial charge < -0.3 is 5.11 Å². The molecule has 0 fully saturated rings. The van der Waals surface area contributed by atoms with Crippen molar-refractivity contribution in [2.45, 2.75) is 52.1 Å². The van der Waals surface area contributed by atoms with Crippen LogP contribution < -0.4 is 5.30 Å². The molecule has 31 heavy (non-hydrogen) atoms. The summed E-state index contributed by atoms with van der Waals surface area (Å²) in [4.78, 5) is 4.71. The minimum absolute atomic E-state index is 0.0960. The summed E-state index contributed by atoms with van der Waals surface area (Å²) in [7, 11) is 2.42. The molecule has 2 unspecified atom stereocenters. The van der Waals surface area contributed by atoms with Gasteiger partial charge in [0.25, 0.3) is 0 Å². The van der Waals surface area contributed by atoms with Gasteiger partial charge in [0, 0.05) is 28.9 Å². The Hall–Kier alpha value is -2.44. The van der Waals surface area contributed by atoms with Gasteiger partial charge in [0.15, 0.2) is 0 Å². The molecule has 0 saturated heterocycles. The van der Waals surface area contributed by atoms with Crippen LogP contribution in [0.25, 0.3) is 0 Å². The average molecular weight is 432 g/mol. The van der Waals surface area contributed by atoms with Crippen LogP contribution in [0.4, 0.5) is 0 Å². The Labute approximate surface area is 189 Å². The summed E-state index contributed by atoms with van der Waals surface area (Å²) in [5.41, 5.74) is 6.93. The van der Waals surface area contributed by atoms with E-state index in [9.17, 15) is 5.11 Å². The highest BCUT2D eigenvalue weighted by Gasteiger charge is 2.34. The van der Waals surface area contributed by atoms with Gasteiger partial charge in [0.2, 0.25) is 0 Å². The predicted molar refractivity (Wildman–Crippen MR) is 137 cm³/mol. The fourth-order valence-electron chi connectivity index (χ4n) is 4.45. The molecule has 0 bridgehead atoms. The Morgan fingerprint density at radius 1 is 0.968 bits per heavy atom. The van der Waals surface area contributed by atoms with Crippen molar-refractivity contribution in [2.75, 3.05) is 7.05 Å². The lowest BCUT2D eigenvalue weighted by molar-refractivity contribution is 0.442. The van der Waals surface area contributed by atoms with E-state index in [1.54, 1.807) is 0 Å². The number of rotatable bonds is 8. The lowest BCUT2D eigenvalue weighted by Gasteiger charge is -2.35. The molecule has 3 aromatic rings. The van der Waals surface area contributed by atoms with Crippen LogP contribution in [0.1, 0.15) is 60.9 Å². The summed E-state index contributed by atoms with van der Waals surface area (Å²) in [5, 5.41) is 12.1. The zero-order valence-corrected chi connectivity index (χ0v) is 20.4. The molecule has 3 heteroatoms. The van der Waals surface area contributed by atoms with E-state index in [2.05, 4.69) is 76.2 Å². The molecule has 3 rings (SSSR count). The molecule has 0 aromatic heterocycles. The molecule has 0 aliphatic heterocycles. The summed E-state index contributed by atoms with van der Waals surface area (Å²) in [6.45, 7) is 8.80. The number of aliphatic imine (C=N–C) groups is 1. The van der Waals surface area contributed by atoms with E-state index in [-0.39, 0.29) is 5.16 Å². The Bertz CT molecular complexity index is 1060. The fourth-order valence-corrected chi connectivity index (χ4v) is 6.43. The van der Waals surface area contributed by atoms with E-state index in [0.717, 1.165) is 36.1 Å². The first-order valence-corrected chi connectivity index (χ1v) is 12.2. The first kappa shape index (κ1) is 23.2. The fraction of sp³-hybridized carbons (Fsp3) is 0.321. The van der Waals surface area contributed by atoms with Gasteiger partial charge in [-0.15, -0.1) is 0 Å². The molecule has 0 amide bonds. The first-order chi connectivity index (χ1) is 15.0. The third-order valence-electron chi connectivity index (χ3n) is 6.11. The Morgan fingerprint density at radius 2 is 1.71 bits per heavy atom. The molecule has 2 atom stereocenters. The molecule has 0 aliphatic rings. The van der Waals surface area contributed by atoms with Crippen molar-refractivity contribution in [1.82, 2.24) is 0 Å². The molecular weight excluding hydrogens is 397 g/mol. The highest BCUT2D eigenvalue weighted by molar-refractivity contribution is 7.49. The van der Waals surface area contributed by atoms with Crippen molar-refractivity contribution in [3.63, 3.8) is 0 Å². The van der Waals surface area contributed by atoms with Crippen LogP contribution in [0, 0.1) is 13.8 Å². The second-order valence-electron chi connectivity index (χ2n) is 8.27. The summed E-state index contributed by atoms with van der Waals surface area (Å²) >= 11 is 0. The molecule has 0 saturated carbocycles. The van der Waals surface area contributed by atoms with Crippen molar-refractivity contribution in [3.05, 3.63) is 94.5 Å². The second-order valence-corrected chi connectivity index (χ2v) is 9.97. The molecule has 0 radical (unpaired) electrons. The van der Waals surface area contributed by atoms with E-state index >= 15 is 0 Å². The lowest BCUT2D eigenvalue weighted by atomic mass is 9.89. The van der Waals surface area contributed by atoms with E-state index in [4.69, 9.17) is 4.99 Å². The maximum absolute atomic E-state index is 10.9. The largest absolute Gasteiger partial charge is 0.508 e. The highest BCUT2D eigenvalue weighted by atomic mass is 31.1. The average Bonchev–Trinajstić information content (AvgIpc) is 2.78. The molecule has 0 heterocycles. The number of aromatic hydroxyl groups is 1. The van der Waals surface area contributed by atoms with Gasteiger partial charge in [0.1, 0.15) is 5.75 Å². The zero-order valence-electron chi connectivity index (χ0n) is 19.4.